The third kappa shape index (κ3) is 4.88. The summed E-state index contributed by atoms with van der Waals surface area (Å²) >= 11 is 0. The summed E-state index contributed by atoms with van der Waals surface area (Å²) < 4.78 is 1.42. The van der Waals surface area contributed by atoms with Crippen LogP contribution in [0.2, 0.25) is 0 Å². The fraction of sp³-hybridized carbons (Fsp3) is 0.409. The van der Waals surface area contributed by atoms with Gasteiger partial charge < -0.3 is 14.8 Å². The fourth-order valence-corrected chi connectivity index (χ4v) is 3.60. The summed E-state index contributed by atoms with van der Waals surface area (Å²) in [6.07, 6.45) is 3.67. The van der Waals surface area contributed by atoms with Gasteiger partial charge in [-0.1, -0.05) is 29.8 Å². The first-order valence-electron chi connectivity index (χ1n) is 9.71. The standard InChI is InChI=1S/C22H27N3O3/c1-16-5-3-6-18(13-16)14-20(26)23-15-17-8-11-25(12-9-17)22(28)19-7-4-10-24(2)21(19)27/h3-7,10,13,17H,8-9,11-12,14-15H2,1-2H3,(H,23,26). The van der Waals surface area contributed by atoms with Crippen LogP contribution in [0.25, 0.3) is 0 Å². The van der Waals surface area contributed by atoms with Crippen LogP contribution in [0.5, 0.6) is 0 Å². The van der Waals surface area contributed by atoms with E-state index in [2.05, 4.69) is 5.32 Å². The number of hydrogen-bond acceptors (Lipinski definition) is 3. The van der Waals surface area contributed by atoms with Gasteiger partial charge in [0.1, 0.15) is 5.56 Å². The molecule has 6 heteroatoms. The van der Waals surface area contributed by atoms with Gasteiger partial charge in [-0.2, -0.15) is 0 Å². The maximum Gasteiger partial charge on any atom is 0.263 e. The van der Waals surface area contributed by atoms with E-state index in [1.165, 1.54) is 4.57 Å². The summed E-state index contributed by atoms with van der Waals surface area (Å²) in [4.78, 5) is 38.7. The number of hydrogen-bond donors (Lipinski definition) is 1. The highest BCUT2D eigenvalue weighted by Gasteiger charge is 2.25. The van der Waals surface area contributed by atoms with Gasteiger partial charge in [-0.15, -0.1) is 0 Å². The van der Waals surface area contributed by atoms with Gasteiger partial charge in [-0.05, 0) is 43.4 Å². The molecule has 1 aromatic heterocycles. The fourth-order valence-electron chi connectivity index (χ4n) is 3.60. The summed E-state index contributed by atoms with van der Waals surface area (Å²) in [5, 5.41) is 3.02. The van der Waals surface area contributed by atoms with Crippen molar-refractivity contribution in [3.63, 3.8) is 0 Å². The lowest BCUT2D eigenvalue weighted by Crippen LogP contribution is -2.43. The number of aromatic nitrogens is 1. The SMILES string of the molecule is Cc1cccc(CC(=O)NCC2CCN(C(=O)c3cccn(C)c3=O)CC2)c1. The monoisotopic (exact) mass is 381 g/mol. The maximum atomic E-state index is 12.6. The highest BCUT2D eigenvalue weighted by Crippen LogP contribution is 2.18. The molecule has 6 nitrogen and oxygen atoms in total. The first kappa shape index (κ1) is 19.9. The van der Waals surface area contributed by atoms with Gasteiger partial charge in [0.05, 0.1) is 6.42 Å². The second-order valence-electron chi connectivity index (χ2n) is 7.54. The molecule has 2 amide bonds. The third-order valence-corrected chi connectivity index (χ3v) is 5.29. The molecule has 1 fully saturated rings. The summed E-state index contributed by atoms with van der Waals surface area (Å²) in [5.74, 6) is 0.170. The number of carbonyl (C=O) groups excluding carboxylic acids is 2. The van der Waals surface area contributed by atoms with E-state index in [0.717, 1.165) is 24.0 Å². The summed E-state index contributed by atoms with van der Waals surface area (Å²) in [5.41, 5.74) is 2.12. The van der Waals surface area contributed by atoms with Crippen LogP contribution in [0.3, 0.4) is 0 Å². The predicted molar refractivity (Wildman–Crippen MR) is 108 cm³/mol. The molecule has 0 spiro atoms. The molecule has 3 rings (SSSR count). The lowest BCUT2D eigenvalue weighted by Gasteiger charge is -2.32. The molecular formula is C22H27N3O3. The Morgan fingerprint density at radius 1 is 1.14 bits per heavy atom. The first-order valence-corrected chi connectivity index (χ1v) is 9.71. The molecular weight excluding hydrogens is 354 g/mol. The molecule has 0 radical (unpaired) electrons. The number of aryl methyl sites for hydroxylation is 2. The van der Waals surface area contributed by atoms with Gasteiger partial charge in [0.25, 0.3) is 11.5 Å². The number of carbonyl (C=O) groups is 2. The van der Waals surface area contributed by atoms with Crippen molar-refractivity contribution >= 4 is 11.8 Å². The van der Waals surface area contributed by atoms with Crippen molar-refractivity contribution in [1.29, 1.82) is 0 Å². The largest absolute Gasteiger partial charge is 0.356 e. The van der Waals surface area contributed by atoms with Gasteiger partial charge in [-0.3, -0.25) is 14.4 Å². The van der Waals surface area contributed by atoms with E-state index in [1.54, 1.807) is 30.3 Å². The number of likely N-dealkylation sites (tertiary alicyclic amines) is 1. The van der Waals surface area contributed by atoms with Crippen LogP contribution in [0.4, 0.5) is 0 Å². The number of nitrogens with one attached hydrogen (secondary N) is 1. The van der Waals surface area contributed by atoms with Gasteiger partial charge in [0, 0.05) is 32.9 Å². The highest BCUT2D eigenvalue weighted by molar-refractivity contribution is 5.93. The van der Waals surface area contributed by atoms with E-state index in [-0.39, 0.29) is 22.9 Å². The Morgan fingerprint density at radius 3 is 2.61 bits per heavy atom. The zero-order valence-corrected chi connectivity index (χ0v) is 16.5. The second kappa shape index (κ2) is 8.87. The highest BCUT2D eigenvalue weighted by atomic mass is 16.2. The number of pyridine rings is 1. The topological polar surface area (TPSA) is 71.4 Å². The Labute approximate surface area is 165 Å². The first-order chi connectivity index (χ1) is 13.4. The Kier molecular flexibility index (Phi) is 6.29. The van der Waals surface area contributed by atoms with E-state index in [4.69, 9.17) is 0 Å². The molecule has 148 valence electrons. The van der Waals surface area contributed by atoms with E-state index < -0.39 is 0 Å². The molecule has 0 aliphatic carbocycles. The zero-order chi connectivity index (χ0) is 20.1. The molecule has 1 N–H and O–H groups in total. The summed E-state index contributed by atoms with van der Waals surface area (Å²) in [6, 6.07) is 11.3. The summed E-state index contributed by atoms with van der Waals surface area (Å²) in [6.45, 7) is 3.85. The normalized spacial score (nSPS) is 14.7. The average molecular weight is 381 g/mol. The van der Waals surface area contributed by atoms with Gasteiger partial charge >= 0.3 is 0 Å². The molecule has 0 unspecified atom stereocenters. The second-order valence-corrected chi connectivity index (χ2v) is 7.54. The lowest BCUT2D eigenvalue weighted by molar-refractivity contribution is -0.120. The molecule has 1 aliphatic rings. The minimum absolute atomic E-state index is 0.0249. The zero-order valence-electron chi connectivity index (χ0n) is 16.5. The number of amides is 2. The molecule has 1 saturated heterocycles. The number of rotatable bonds is 5. The van der Waals surface area contributed by atoms with Crippen LogP contribution in [0.15, 0.2) is 47.4 Å². The quantitative estimate of drug-likeness (QED) is 0.860. The van der Waals surface area contributed by atoms with Crippen molar-refractivity contribution in [2.75, 3.05) is 19.6 Å². The van der Waals surface area contributed by atoms with Crippen LogP contribution >= 0.6 is 0 Å². The van der Waals surface area contributed by atoms with Crippen molar-refractivity contribution < 1.29 is 9.59 Å². The molecule has 0 atom stereocenters. The molecule has 0 bridgehead atoms. The van der Waals surface area contributed by atoms with Crippen LogP contribution in [-0.2, 0) is 18.3 Å². The number of piperidine rings is 1. The Morgan fingerprint density at radius 2 is 1.89 bits per heavy atom. The molecule has 1 aromatic carbocycles. The smallest absolute Gasteiger partial charge is 0.263 e. The average Bonchev–Trinajstić information content (AvgIpc) is 2.68. The van der Waals surface area contributed by atoms with Crippen molar-refractivity contribution in [1.82, 2.24) is 14.8 Å². The number of nitrogens with zero attached hydrogens (tertiary/aromatic N) is 2. The van der Waals surface area contributed by atoms with E-state index >= 15 is 0 Å². The van der Waals surface area contributed by atoms with Gasteiger partial charge in [0.15, 0.2) is 0 Å². The van der Waals surface area contributed by atoms with Crippen molar-refractivity contribution in [2.45, 2.75) is 26.2 Å². The van der Waals surface area contributed by atoms with E-state index in [9.17, 15) is 14.4 Å². The summed E-state index contributed by atoms with van der Waals surface area (Å²) in [7, 11) is 1.64. The van der Waals surface area contributed by atoms with E-state index in [1.807, 2.05) is 31.2 Å². The van der Waals surface area contributed by atoms with Gasteiger partial charge in [-0.25, -0.2) is 0 Å². The number of benzene rings is 1. The predicted octanol–water partition coefficient (Wildman–Crippen LogP) is 1.90. The third-order valence-electron chi connectivity index (χ3n) is 5.29. The van der Waals surface area contributed by atoms with Crippen LogP contribution in [0, 0.1) is 12.8 Å². The Hall–Kier alpha value is -2.89. The van der Waals surface area contributed by atoms with Crippen molar-refractivity contribution in [3.8, 4) is 0 Å². The van der Waals surface area contributed by atoms with Crippen LogP contribution in [0.1, 0.15) is 34.3 Å². The molecule has 2 aromatic rings. The Balaban J connectivity index is 1.46. The minimum Gasteiger partial charge on any atom is -0.356 e. The van der Waals surface area contributed by atoms with Crippen molar-refractivity contribution in [3.05, 3.63) is 69.6 Å². The molecule has 28 heavy (non-hydrogen) atoms. The molecule has 2 heterocycles. The van der Waals surface area contributed by atoms with Gasteiger partial charge in [0.2, 0.25) is 5.91 Å². The van der Waals surface area contributed by atoms with E-state index in [0.29, 0.717) is 32.0 Å². The van der Waals surface area contributed by atoms with Crippen molar-refractivity contribution in [2.24, 2.45) is 13.0 Å². The molecule has 1 aliphatic heterocycles. The maximum absolute atomic E-state index is 12.6. The Bertz CT molecular complexity index is 911. The lowest BCUT2D eigenvalue weighted by atomic mass is 9.96. The minimum atomic E-state index is -0.266. The molecule has 0 saturated carbocycles. The van der Waals surface area contributed by atoms with Crippen LogP contribution in [-0.4, -0.2) is 40.9 Å². The van der Waals surface area contributed by atoms with Crippen LogP contribution < -0.4 is 10.9 Å².